The summed E-state index contributed by atoms with van der Waals surface area (Å²) < 4.78 is 0. The SMILES string of the molecule is C=C1CCC2[C@](C)(CCC[C@]2(C)C(=O)O)C1CCC=O. The van der Waals surface area contributed by atoms with E-state index >= 15 is 0 Å². The summed E-state index contributed by atoms with van der Waals surface area (Å²) in [5.41, 5.74) is 0.594. The predicted octanol–water partition coefficient (Wildman–Crippen LogP) is 3.83. The first-order chi connectivity index (χ1) is 9.36. The van der Waals surface area contributed by atoms with E-state index in [1.54, 1.807) is 0 Å². The lowest BCUT2D eigenvalue weighted by Gasteiger charge is -2.57. The summed E-state index contributed by atoms with van der Waals surface area (Å²) in [6.45, 7) is 8.37. The zero-order valence-electron chi connectivity index (χ0n) is 12.7. The summed E-state index contributed by atoms with van der Waals surface area (Å²) in [4.78, 5) is 22.5. The largest absolute Gasteiger partial charge is 0.481 e. The Balaban J connectivity index is 2.35. The molecule has 0 saturated heterocycles. The molecule has 20 heavy (non-hydrogen) atoms. The molecule has 0 heterocycles. The number of rotatable bonds is 4. The van der Waals surface area contributed by atoms with Gasteiger partial charge in [-0.3, -0.25) is 4.79 Å². The van der Waals surface area contributed by atoms with Crippen LogP contribution in [0.5, 0.6) is 0 Å². The van der Waals surface area contributed by atoms with Crippen molar-refractivity contribution in [3.05, 3.63) is 12.2 Å². The molecular weight excluding hydrogens is 252 g/mol. The Bertz CT molecular complexity index is 428. The lowest BCUT2D eigenvalue weighted by molar-refractivity contribution is -0.164. The van der Waals surface area contributed by atoms with Crippen molar-refractivity contribution in [3.8, 4) is 0 Å². The van der Waals surface area contributed by atoms with Gasteiger partial charge in [0.2, 0.25) is 0 Å². The van der Waals surface area contributed by atoms with E-state index in [0.717, 1.165) is 44.8 Å². The molecular formula is C17H26O3. The molecule has 0 aromatic rings. The molecule has 3 heteroatoms. The van der Waals surface area contributed by atoms with Crippen LogP contribution in [0.25, 0.3) is 0 Å². The van der Waals surface area contributed by atoms with Crippen LogP contribution in [0.2, 0.25) is 0 Å². The van der Waals surface area contributed by atoms with E-state index in [4.69, 9.17) is 0 Å². The zero-order chi connectivity index (χ0) is 15.0. The highest BCUT2D eigenvalue weighted by Gasteiger charge is 2.57. The van der Waals surface area contributed by atoms with Gasteiger partial charge in [-0.1, -0.05) is 25.5 Å². The molecule has 0 amide bonds. The van der Waals surface area contributed by atoms with Gasteiger partial charge >= 0.3 is 5.97 Å². The lowest BCUT2D eigenvalue weighted by Crippen LogP contribution is -2.53. The molecule has 0 aromatic carbocycles. The van der Waals surface area contributed by atoms with Gasteiger partial charge in [0, 0.05) is 6.42 Å². The van der Waals surface area contributed by atoms with Gasteiger partial charge in [-0.25, -0.2) is 0 Å². The van der Waals surface area contributed by atoms with E-state index in [-0.39, 0.29) is 11.3 Å². The van der Waals surface area contributed by atoms with Crippen molar-refractivity contribution in [1.82, 2.24) is 0 Å². The van der Waals surface area contributed by atoms with Gasteiger partial charge in [-0.15, -0.1) is 0 Å². The highest BCUT2D eigenvalue weighted by Crippen LogP contribution is 2.61. The molecule has 2 aliphatic carbocycles. The van der Waals surface area contributed by atoms with Gasteiger partial charge in [0.25, 0.3) is 0 Å². The first-order valence-electron chi connectivity index (χ1n) is 7.71. The first-order valence-corrected chi connectivity index (χ1v) is 7.71. The van der Waals surface area contributed by atoms with Crippen molar-refractivity contribution in [2.24, 2.45) is 22.7 Å². The minimum atomic E-state index is -0.657. The van der Waals surface area contributed by atoms with Crippen molar-refractivity contribution in [2.75, 3.05) is 0 Å². The Morgan fingerprint density at radius 1 is 1.45 bits per heavy atom. The number of carbonyl (C=O) groups excluding carboxylic acids is 1. The number of carboxylic acids is 1. The molecule has 112 valence electrons. The molecule has 0 radical (unpaired) electrons. The van der Waals surface area contributed by atoms with Crippen molar-refractivity contribution < 1.29 is 14.7 Å². The van der Waals surface area contributed by atoms with Crippen LogP contribution in [0.4, 0.5) is 0 Å². The summed E-state index contributed by atoms with van der Waals surface area (Å²) >= 11 is 0. The Labute approximate surface area is 121 Å². The van der Waals surface area contributed by atoms with E-state index in [9.17, 15) is 14.7 Å². The third-order valence-corrected chi connectivity index (χ3v) is 6.08. The highest BCUT2D eigenvalue weighted by molar-refractivity contribution is 5.75. The highest BCUT2D eigenvalue weighted by atomic mass is 16.4. The topological polar surface area (TPSA) is 54.4 Å². The number of fused-ring (bicyclic) bond motifs is 1. The number of aliphatic carboxylic acids is 1. The van der Waals surface area contributed by atoms with Crippen LogP contribution in [-0.2, 0) is 9.59 Å². The maximum absolute atomic E-state index is 11.8. The number of allylic oxidation sites excluding steroid dienone is 1. The second-order valence-corrected chi connectivity index (χ2v) is 7.13. The average Bonchev–Trinajstić information content (AvgIpc) is 2.37. The molecule has 1 N–H and O–H groups in total. The molecule has 2 unspecified atom stereocenters. The third kappa shape index (κ3) is 2.21. The minimum Gasteiger partial charge on any atom is -0.481 e. The van der Waals surface area contributed by atoms with Crippen LogP contribution >= 0.6 is 0 Å². The Morgan fingerprint density at radius 2 is 2.15 bits per heavy atom. The van der Waals surface area contributed by atoms with Gasteiger partial charge in [0.1, 0.15) is 6.29 Å². The number of carbonyl (C=O) groups is 2. The van der Waals surface area contributed by atoms with E-state index in [0.29, 0.717) is 12.3 Å². The van der Waals surface area contributed by atoms with Crippen LogP contribution in [0.15, 0.2) is 12.2 Å². The van der Waals surface area contributed by atoms with Crippen LogP contribution in [0.3, 0.4) is 0 Å². The van der Waals surface area contributed by atoms with Gasteiger partial charge < -0.3 is 9.90 Å². The maximum atomic E-state index is 11.8. The predicted molar refractivity (Wildman–Crippen MR) is 78.4 cm³/mol. The lowest BCUT2D eigenvalue weighted by atomic mass is 9.46. The van der Waals surface area contributed by atoms with E-state index in [2.05, 4.69) is 13.5 Å². The molecule has 0 aromatic heterocycles. The third-order valence-electron chi connectivity index (χ3n) is 6.08. The minimum absolute atomic E-state index is 0.0102. The Hall–Kier alpha value is -1.12. The van der Waals surface area contributed by atoms with E-state index in [1.807, 2.05) is 6.92 Å². The van der Waals surface area contributed by atoms with Crippen LogP contribution in [0, 0.1) is 22.7 Å². The summed E-state index contributed by atoms with van der Waals surface area (Å²) in [7, 11) is 0. The van der Waals surface area contributed by atoms with Gasteiger partial charge in [-0.2, -0.15) is 0 Å². The normalized spacial score (nSPS) is 41.0. The van der Waals surface area contributed by atoms with Crippen molar-refractivity contribution in [1.29, 1.82) is 0 Å². The van der Waals surface area contributed by atoms with Gasteiger partial charge in [0.05, 0.1) is 5.41 Å². The molecule has 4 atom stereocenters. The standard InChI is InChI=1S/C17H26O3/c1-12-7-8-14-16(2,13(12)6-4-11-18)9-5-10-17(14,3)15(19)20/h11,13-14H,1,4-10H2,2-3H3,(H,19,20)/t13?,14?,16-,17+/m1/s1. The molecule has 0 spiro atoms. The number of carboxylic acid groups (broad SMARTS) is 1. The van der Waals surface area contributed by atoms with Crippen molar-refractivity contribution >= 4 is 12.3 Å². The monoisotopic (exact) mass is 278 g/mol. The Kier molecular flexibility index (Phi) is 4.08. The van der Waals surface area contributed by atoms with Crippen molar-refractivity contribution in [3.63, 3.8) is 0 Å². The molecule has 3 nitrogen and oxygen atoms in total. The van der Waals surface area contributed by atoms with E-state index in [1.165, 1.54) is 5.57 Å². The van der Waals surface area contributed by atoms with Gasteiger partial charge in [-0.05, 0) is 56.3 Å². The molecule has 0 aliphatic heterocycles. The van der Waals surface area contributed by atoms with Crippen LogP contribution in [0.1, 0.15) is 58.8 Å². The number of hydrogen-bond acceptors (Lipinski definition) is 2. The van der Waals surface area contributed by atoms with Gasteiger partial charge in [0.15, 0.2) is 0 Å². The summed E-state index contributed by atoms with van der Waals surface area (Å²) in [6, 6.07) is 0. The second-order valence-electron chi connectivity index (χ2n) is 7.13. The molecule has 2 rings (SSSR count). The van der Waals surface area contributed by atoms with Crippen LogP contribution in [-0.4, -0.2) is 17.4 Å². The summed E-state index contributed by atoms with van der Waals surface area (Å²) in [6.07, 6.45) is 6.97. The smallest absolute Gasteiger partial charge is 0.309 e. The number of hydrogen-bond donors (Lipinski definition) is 1. The zero-order valence-corrected chi connectivity index (χ0v) is 12.7. The molecule has 2 aliphatic rings. The molecule has 0 bridgehead atoms. The van der Waals surface area contributed by atoms with E-state index < -0.39 is 11.4 Å². The molecule has 2 fully saturated rings. The number of aldehydes is 1. The average molecular weight is 278 g/mol. The fourth-order valence-electron chi connectivity index (χ4n) is 4.97. The molecule has 2 saturated carbocycles. The summed E-state index contributed by atoms with van der Waals surface area (Å²) in [5.74, 6) is -0.163. The second kappa shape index (κ2) is 5.34. The fraction of sp³-hybridized carbons (Fsp3) is 0.765. The fourth-order valence-corrected chi connectivity index (χ4v) is 4.97. The first kappa shape index (κ1) is 15.3. The quantitative estimate of drug-likeness (QED) is 0.628. The van der Waals surface area contributed by atoms with Crippen LogP contribution < -0.4 is 0 Å². The Morgan fingerprint density at radius 3 is 2.75 bits per heavy atom. The summed E-state index contributed by atoms with van der Waals surface area (Å²) in [5, 5.41) is 9.70. The van der Waals surface area contributed by atoms with Crippen molar-refractivity contribution in [2.45, 2.75) is 58.8 Å². The maximum Gasteiger partial charge on any atom is 0.309 e.